The standard InChI is InChI=1S/C18H26O5/c1-3-22-17(20)13-15(10-11-19)16(18(21)23-4-2)12-14-8-6-5-7-9-14/h5-9,15-16,19H,3-4,10-13H2,1-2H3. The van der Waals surface area contributed by atoms with Crippen LogP contribution in [0.3, 0.4) is 0 Å². The van der Waals surface area contributed by atoms with Gasteiger partial charge in [0.25, 0.3) is 0 Å². The highest BCUT2D eigenvalue weighted by Crippen LogP contribution is 2.26. The predicted molar refractivity (Wildman–Crippen MR) is 86.7 cm³/mol. The van der Waals surface area contributed by atoms with E-state index in [1.54, 1.807) is 13.8 Å². The molecule has 0 radical (unpaired) electrons. The van der Waals surface area contributed by atoms with E-state index in [0.29, 0.717) is 19.4 Å². The molecule has 1 rings (SSSR count). The lowest BCUT2D eigenvalue weighted by molar-refractivity contribution is -0.152. The van der Waals surface area contributed by atoms with Crippen molar-refractivity contribution in [2.24, 2.45) is 11.8 Å². The van der Waals surface area contributed by atoms with Crippen LogP contribution in [0.2, 0.25) is 0 Å². The molecule has 0 saturated heterocycles. The number of aliphatic hydroxyl groups is 1. The highest BCUT2D eigenvalue weighted by atomic mass is 16.5. The molecule has 0 aliphatic carbocycles. The molecule has 2 unspecified atom stereocenters. The van der Waals surface area contributed by atoms with Crippen molar-refractivity contribution in [2.75, 3.05) is 19.8 Å². The zero-order chi connectivity index (χ0) is 17.1. The van der Waals surface area contributed by atoms with Crippen LogP contribution in [-0.4, -0.2) is 36.9 Å². The number of carbonyl (C=O) groups excluding carboxylic acids is 2. The average Bonchev–Trinajstić information content (AvgIpc) is 2.53. The molecule has 0 spiro atoms. The molecular formula is C18H26O5. The third-order valence-corrected chi connectivity index (χ3v) is 3.69. The fourth-order valence-corrected chi connectivity index (χ4v) is 2.61. The van der Waals surface area contributed by atoms with E-state index < -0.39 is 5.92 Å². The molecule has 128 valence electrons. The zero-order valence-corrected chi connectivity index (χ0v) is 13.9. The van der Waals surface area contributed by atoms with Crippen molar-refractivity contribution in [3.05, 3.63) is 35.9 Å². The Balaban J connectivity index is 2.92. The van der Waals surface area contributed by atoms with E-state index >= 15 is 0 Å². The number of hydrogen-bond donors (Lipinski definition) is 1. The minimum atomic E-state index is -0.478. The predicted octanol–water partition coefficient (Wildman–Crippen LogP) is 2.36. The highest BCUT2D eigenvalue weighted by Gasteiger charge is 2.31. The van der Waals surface area contributed by atoms with Crippen molar-refractivity contribution in [2.45, 2.75) is 33.1 Å². The molecule has 0 fully saturated rings. The van der Waals surface area contributed by atoms with Gasteiger partial charge in [0.05, 0.1) is 19.1 Å². The zero-order valence-electron chi connectivity index (χ0n) is 13.9. The van der Waals surface area contributed by atoms with Crippen LogP contribution < -0.4 is 0 Å². The summed E-state index contributed by atoms with van der Waals surface area (Å²) in [5.74, 6) is -1.47. The summed E-state index contributed by atoms with van der Waals surface area (Å²) >= 11 is 0. The van der Waals surface area contributed by atoms with Crippen LogP contribution in [0.15, 0.2) is 30.3 Å². The molecule has 1 N–H and O–H groups in total. The maximum atomic E-state index is 12.3. The van der Waals surface area contributed by atoms with Crippen molar-refractivity contribution in [3.63, 3.8) is 0 Å². The Morgan fingerprint density at radius 3 is 2.30 bits per heavy atom. The number of rotatable bonds is 10. The molecular weight excluding hydrogens is 296 g/mol. The minimum absolute atomic E-state index is 0.0885. The fraction of sp³-hybridized carbons (Fsp3) is 0.556. The number of aliphatic hydroxyl groups excluding tert-OH is 1. The van der Waals surface area contributed by atoms with Gasteiger partial charge in [0.15, 0.2) is 0 Å². The van der Waals surface area contributed by atoms with Crippen molar-refractivity contribution >= 4 is 11.9 Å². The van der Waals surface area contributed by atoms with E-state index in [2.05, 4.69) is 0 Å². The summed E-state index contributed by atoms with van der Waals surface area (Å²) in [5.41, 5.74) is 0.998. The van der Waals surface area contributed by atoms with Gasteiger partial charge < -0.3 is 14.6 Å². The second-order valence-corrected chi connectivity index (χ2v) is 5.33. The van der Waals surface area contributed by atoms with Gasteiger partial charge >= 0.3 is 11.9 Å². The number of benzene rings is 1. The maximum Gasteiger partial charge on any atom is 0.309 e. The second-order valence-electron chi connectivity index (χ2n) is 5.33. The molecule has 0 heterocycles. The van der Waals surface area contributed by atoms with Gasteiger partial charge in [-0.2, -0.15) is 0 Å². The molecule has 0 saturated carbocycles. The highest BCUT2D eigenvalue weighted by molar-refractivity contribution is 5.75. The van der Waals surface area contributed by atoms with Gasteiger partial charge in [-0.3, -0.25) is 9.59 Å². The number of carbonyl (C=O) groups is 2. The maximum absolute atomic E-state index is 12.3. The summed E-state index contributed by atoms with van der Waals surface area (Å²) in [6.07, 6.45) is 0.934. The van der Waals surface area contributed by atoms with Crippen molar-refractivity contribution in [1.82, 2.24) is 0 Å². The van der Waals surface area contributed by atoms with E-state index in [-0.39, 0.29) is 37.5 Å². The van der Waals surface area contributed by atoms with Crippen molar-refractivity contribution in [3.8, 4) is 0 Å². The fourth-order valence-electron chi connectivity index (χ4n) is 2.61. The molecule has 0 aliphatic rings. The van der Waals surface area contributed by atoms with Crippen LogP contribution in [0.4, 0.5) is 0 Å². The quantitative estimate of drug-likeness (QED) is 0.670. The Hall–Kier alpha value is -1.88. The molecule has 5 nitrogen and oxygen atoms in total. The summed E-state index contributed by atoms with van der Waals surface area (Å²) in [6.45, 7) is 3.99. The monoisotopic (exact) mass is 322 g/mol. The van der Waals surface area contributed by atoms with Crippen molar-refractivity contribution in [1.29, 1.82) is 0 Å². The van der Waals surface area contributed by atoms with Gasteiger partial charge in [-0.25, -0.2) is 0 Å². The number of esters is 2. The van der Waals surface area contributed by atoms with Crippen LogP contribution in [-0.2, 0) is 25.5 Å². The lowest BCUT2D eigenvalue weighted by Gasteiger charge is -2.24. The van der Waals surface area contributed by atoms with Crippen LogP contribution >= 0.6 is 0 Å². The smallest absolute Gasteiger partial charge is 0.309 e. The van der Waals surface area contributed by atoms with E-state index in [9.17, 15) is 14.7 Å². The summed E-state index contributed by atoms with van der Waals surface area (Å²) < 4.78 is 10.2. The third-order valence-electron chi connectivity index (χ3n) is 3.69. The molecule has 1 aromatic carbocycles. The second kappa shape index (κ2) is 10.8. The molecule has 23 heavy (non-hydrogen) atoms. The summed E-state index contributed by atoms with van der Waals surface area (Å²) in [5, 5.41) is 9.30. The molecule has 2 atom stereocenters. The van der Waals surface area contributed by atoms with Gasteiger partial charge in [0.1, 0.15) is 0 Å². The van der Waals surface area contributed by atoms with E-state index in [4.69, 9.17) is 9.47 Å². The van der Waals surface area contributed by atoms with Gasteiger partial charge in [-0.1, -0.05) is 30.3 Å². The van der Waals surface area contributed by atoms with E-state index in [1.165, 1.54) is 0 Å². The average molecular weight is 322 g/mol. The molecule has 5 heteroatoms. The van der Waals surface area contributed by atoms with Crippen LogP contribution in [0.25, 0.3) is 0 Å². The largest absolute Gasteiger partial charge is 0.466 e. The minimum Gasteiger partial charge on any atom is -0.466 e. The van der Waals surface area contributed by atoms with E-state index in [0.717, 1.165) is 5.56 Å². The van der Waals surface area contributed by atoms with Gasteiger partial charge in [-0.05, 0) is 38.2 Å². The first-order chi connectivity index (χ1) is 11.1. The Bertz CT molecular complexity index is 472. The first-order valence-corrected chi connectivity index (χ1v) is 8.09. The molecule has 0 aromatic heterocycles. The van der Waals surface area contributed by atoms with Gasteiger partial charge in [0, 0.05) is 13.0 Å². The third kappa shape index (κ3) is 6.82. The summed E-state index contributed by atoms with van der Waals surface area (Å²) in [4.78, 5) is 24.2. The molecule has 0 aliphatic heterocycles. The van der Waals surface area contributed by atoms with Crippen molar-refractivity contribution < 1.29 is 24.2 Å². The van der Waals surface area contributed by atoms with Gasteiger partial charge in [0.2, 0.25) is 0 Å². The van der Waals surface area contributed by atoms with Crippen LogP contribution in [0, 0.1) is 11.8 Å². The topological polar surface area (TPSA) is 72.8 Å². The SMILES string of the molecule is CCOC(=O)CC(CCO)C(Cc1ccccc1)C(=O)OCC. The molecule has 0 amide bonds. The normalized spacial score (nSPS) is 13.2. The Kier molecular flexibility index (Phi) is 8.98. The Morgan fingerprint density at radius 1 is 1.09 bits per heavy atom. The summed E-state index contributed by atoms with van der Waals surface area (Å²) in [6, 6.07) is 9.60. The van der Waals surface area contributed by atoms with E-state index in [1.807, 2.05) is 30.3 Å². The summed E-state index contributed by atoms with van der Waals surface area (Å²) in [7, 11) is 0. The Labute approximate surface area is 137 Å². The first-order valence-electron chi connectivity index (χ1n) is 8.09. The first kappa shape index (κ1) is 19.2. The Morgan fingerprint density at radius 2 is 1.74 bits per heavy atom. The molecule has 0 bridgehead atoms. The van der Waals surface area contributed by atoms with Crippen LogP contribution in [0.5, 0.6) is 0 Å². The number of ether oxygens (including phenoxy) is 2. The lowest BCUT2D eigenvalue weighted by Crippen LogP contribution is -2.31. The van der Waals surface area contributed by atoms with Gasteiger partial charge in [-0.15, -0.1) is 0 Å². The number of hydrogen-bond acceptors (Lipinski definition) is 5. The molecule has 1 aromatic rings. The lowest BCUT2D eigenvalue weighted by atomic mass is 9.82. The van der Waals surface area contributed by atoms with Crippen LogP contribution in [0.1, 0.15) is 32.3 Å².